The van der Waals surface area contributed by atoms with Crippen LogP contribution in [0.25, 0.3) is 5.70 Å². The highest BCUT2D eigenvalue weighted by Gasteiger charge is 2.06. The van der Waals surface area contributed by atoms with Gasteiger partial charge in [0.25, 0.3) is 0 Å². The molecule has 0 aliphatic heterocycles. The summed E-state index contributed by atoms with van der Waals surface area (Å²) in [5, 5.41) is 3.29. The van der Waals surface area contributed by atoms with E-state index in [0.29, 0.717) is 6.04 Å². The van der Waals surface area contributed by atoms with Crippen LogP contribution in [0.3, 0.4) is 0 Å². The summed E-state index contributed by atoms with van der Waals surface area (Å²) in [5.41, 5.74) is 4.40. The van der Waals surface area contributed by atoms with Gasteiger partial charge in [0.2, 0.25) is 0 Å². The molecule has 0 bridgehead atoms. The van der Waals surface area contributed by atoms with Crippen molar-refractivity contribution >= 4 is 11.4 Å². The molecule has 1 unspecified atom stereocenters. The summed E-state index contributed by atoms with van der Waals surface area (Å²) in [6.07, 6.45) is 3.17. The maximum absolute atomic E-state index is 4.88. The number of hydrogen-bond donors (Lipinski definition) is 1. The molecular weight excluding hydrogens is 268 g/mol. The normalized spacial score (nSPS) is 13.8. The van der Waals surface area contributed by atoms with E-state index in [1.165, 1.54) is 0 Å². The Bertz CT molecular complexity index is 627. The van der Waals surface area contributed by atoms with Gasteiger partial charge < -0.3 is 5.32 Å². The van der Waals surface area contributed by atoms with Crippen LogP contribution in [0.1, 0.15) is 31.4 Å². The van der Waals surface area contributed by atoms with Gasteiger partial charge in [-0.05, 0) is 30.5 Å². The van der Waals surface area contributed by atoms with Crippen LogP contribution in [0.15, 0.2) is 71.7 Å². The molecule has 0 aromatic heterocycles. The maximum Gasteiger partial charge on any atom is 0.0670 e. The first-order valence-corrected chi connectivity index (χ1v) is 7.82. The lowest BCUT2D eigenvalue weighted by Gasteiger charge is -2.11. The van der Waals surface area contributed by atoms with Crippen molar-refractivity contribution in [2.24, 2.45) is 4.99 Å². The Balaban J connectivity index is 2.45. The highest BCUT2D eigenvalue weighted by molar-refractivity contribution is 6.12. The Labute approximate surface area is 133 Å². The van der Waals surface area contributed by atoms with E-state index >= 15 is 0 Å². The van der Waals surface area contributed by atoms with Gasteiger partial charge in [-0.25, -0.2) is 0 Å². The molecule has 0 saturated carbocycles. The SMILES string of the molecule is CCC(C)/N=C(\C=C(/NC)c1ccccc1)c1ccccc1. The predicted octanol–water partition coefficient (Wildman–Crippen LogP) is 4.53. The zero-order valence-electron chi connectivity index (χ0n) is 13.6. The number of nitrogens with zero attached hydrogens (tertiary/aromatic N) is 1. The molecule has 2 rings (SSSR count). The molecule has 2 nitrogen and oxygen atoms in total. The number of hydrogen-bond acceptors (Lipinski definition) is 2. The molecule has 0 fully saturated rings. The van der Waals surface area contributed by atoms with Gasteiger partial charge in [-0.2, -0.15) is 0 Å². The van der Waals surface area contributed by atoms with Crippen molar-refractivity contribution in [2.75, 3.05) is 7.05 Å². The van der Waals surface area contributed by atoms with Gasteiger partial charge in [0.15, 0.2) is 0 Å². The van der Waals surface area contributed by atoms with E-state index < -0.39 is 0 Å². The van der Waals surface area contributed by atoms with Crippen molar-refractivity contribution in [3.8, 4) is 0 Å². The molecule has 0 radical (unpaired) electrons. The Morgan fingerprint density at radius 1 is 1.00 bits per heavy atom. The minimum absolute atomic E-state index is 0.306. The Kier molecular flexibility index (Phi) is 5.96. The van der Waals surface area contributed by atoms with E-state index in [1.54, 1.807) is 0 Å². The lowest BCUT2D eigenvalue weighted by atomic mass is 10.1. The highest BCUT2D eigenvalue weighted by Crippen LogP contribution is 2.14. The minimum Gasteiger partial charge on any atom is -0.388 e. The van der Waals surface area contributed by atoms with Crippen molar-refractivity contribution in [3.05, 3.63) is 77.9 Å². The highest BCUT2D eigenvalue weighted by atomic mass is 14.8. The van der Waals surface area contributed by atoms with E-state index in [1.807, 2.05) is 19.2 Å². The van der Waals surface area contributed by atoms with Crippen molar-refractivity contribution in [3.63, 3.8) is 0 Å². The summed E-state index contributed by atoms with van der Waals surface area (Å²) in [5.74, 6) is 0. The molecule has 0 aliphatic rings. The van der Waals surface area contributed by atoms with Crippen LogP contribution in [-0.2, 0) is 0 Å². The fourth-order valence-corrected chi connectivity index (χ4v) is 2.19. The van der Waals surface area contributed by atoms with Gasteiger partial charge in [-0.15, -0.1) is 0 Å². The molecule has 114 valence electrons. The smallest absolute Gasteiger partial charge is 0.0670 e. The molecule has 1 atom stereocenters. The van der Waals surface area contributed by atoms with Gasteiger partial charge in [0, 0.05) is 18.8 Å². The number of benzene rings is 2. The Hall–Kier alpha value is -2.35. The van der Waals surface area contributed by atoms with Crippen molar-refractivity contribution in [1.29, 1.82) is 0 Å². The van der Waals surface area contributed by atoms with E-state index in [-0.39, 0.29) is 0 Å². The zero-order valence-corrected chi connectivity index (χ0v) is 13.6. The summed E-state index contributed by atoms with van der Waals surface area (Å²) < 4.78 is 0. The standard InChI is InChI=1S/C20H24N2/c1-4-16(2)22-20(18-13-9-6-10-14-18)15-19(21-3)17-11-7-5-8-12-17/h5-16,21H,4H2,1-3H3/b19-15-,22-20+. The monoisotopic (exact) mass is 292 g/mol. The lowest BCUT2D eigenvalue weighted by Crippen LogP contribution is -2.10. The minimum atomic E-state index is 0.306. The van der Waals surface area contributed by atoms with Crippen LogP contribution in [0.5, 0.6) is 0 Å². The zero-order chi connectivity index (χ0) is 15.8. The Morgan fingerprint density at radius 2 is 1.55 bits per heavy atom. The van der Waals surface area contributed by atoms with E-state index in [9.17, 15) is 0 Å². The average Bonchev–Trinajstić information content (AvgIpc) is 2.59. The quantitative estimate of drug-likeness (QED) is 0.777. The number of nitrogens with one attached hydrogen (secondary N) is 1. The average molecular weight is 292 g/mol. The van der Waals surface area contributed by atoms with Gasteiger partial charge in [-0.1, -0.05) is 67.6 Å². The van der Waals surface area contributed by atoms with Gasteiger partial charge in [0.05, 0.1) is 5.71 Å². The van der Waals surface area contributed by atoms with Crippen LogP contribution < -0.4 is 5.32 Å². The van der Waals surface area contributed by atoms with Gasteiger partial charge in [-0.3, -0.25) is 4.99 Å². The molecule has 0 spiro atoms. The van der Waals surface area contributed by atoms with E-state index in [4.69, 9.17) is 4.99 Å². The van der Waals surface area contributed by atoms with E-state index in [0.717, 1.165) is 29.0 Å². The fraction of sp³-hybridized carbons (Fsp3) is 0.250. The summed E-state index contributed by atoms with van der Waals surface area (Å²) in [7, 11) is 1.95. The molecule has 0 amide bonds. The molecule has 22 heavy (non-hydrogen) atoms. The first-order chi connectivity index (χ1) is 10.7. The molecule has 0 aliphatic carbocycles. The number of aliphatic imine (C=N–C) groups is 1. The van der Waals surface area contributed by atoms with Crippen molar-refractivity contribution in [2.45, 2.75) is 26.3 Å². The van der Waals surface area contributed by atoms with Crippen LogP contribution in [0.4, 0.5) is 0 Å². The summed E-state index contributed by atoms with van der Waals surface area (Å²) in [4.78, 5) is 4.88. The number of rotatable bonds is 6. The van der Waals surface area contributed by atoms with Gasteiger partial charge in [0.1, 0.15) is 0 Å². The number of allylic oxidation sites excluding steroid dienone is 1. The molecule has 1 N–H and O–H groups in total. The van der Waals surface area contributed by atoms with Crippen LogP contribution >= 0.6 is 0 Å². The van der Waals surface area contributed by atoms with Crippen molar-refractivity contribution in [1.82, 2.24) is 5.32 Å². The third-order valence-electron chi connectivity index (χ3n) is 3.66. The molecule has 0 heterocycles. The second-order valence-corrected chi connectivity index (χ2v) is 5.31. The third kappa shape index (κ3) is 4.32. The predicted molar refractivity (Wildman–Crippen MR) is 96.2 cm³/mol. The summed E-state index contributed by atoms with van der Waals surface area (Å²) >= 11 is 0. The fourth-order valence-electron chi connectivity index (χ4n) is 2.19. The summed E-state index contributed by atoms with van der Waals surface area (Å²) in [6, 6.07) is 21.0. The van der Waals surface area contributed by atoms with Crippen LogP contribution in [0, 0.1) is 0 Å². The van der Waals surface area contributed by atoms with E-state index in [2.05, 4.69) is 73.8 Å². The molecule has 2 aromatic carbocycles. The molecule has 0 saturated heterocycles. The second-order valence-electron chi connectivity index (χ2n) is 5.31. The topological polar surface area (TPSA) is 24.4 Å². The first kappa shape index (κ1) is 16.0. The van der Waals surface area contributed by atoms with Crippen LogP contribution in [0.2, 0.25) is 0 Å². The maximum atomic E-state index is 4.88. The molecular formula is C20H24N2. The first-order valence-electron chi connectivity index (χ1n) is 7.82. The lowest BCUT2D eigenvalue weighted by molar-refractivity contribution is 0.718. The van der Waals surface area contributed by atoms with Crippen molar-refractivity contribution < 1.29 is 0 Å². The third-order valence-corrected chi connectivity index (χ3v) is 3.66. The second kappa shape index (κ2) is 8.18. The molecule has 2 heteroatoms. The summed E-state index contributed by atoms with van der Waals surface area (Å²) in [6.45, 7) is 4.31. The Morgan fingerprint density at radius 3 is 2.05 bits per heavy atom. The van der Waals surface area contributed by atoms with Crippen LogP contribution in [-0.4, -0.2) is 18.8 Å². The molecule has 2 aromatic rings. The van der Waals surface area contributed by atoms with Gasteiger partial charge >= 0.3 is 0 Å². The largest absolute Gasteiger partial charge is 0.388 e.